The predicted octanol–water partition coefficient (Wildman–Crippen LogP) is 0.400. The molecule has 0 saturated carbocycles. The van der Waals surface area contributed by atoms with E-state index in [1.165, 1.54) is 5.01 Å². The molecule has 1 aromatic rings. The highest BCUT2D eigenvalue weighted by atomic mass is 16.7. The molecule has 28 heavy (non-hydrogen) atoms. The Morgan fingerprint density at radius 2 is 2.00 bits per heavy atom. The van der Waals surface area contributed by atoms with Gasteiger partial charge in [-0.3, -0.25) is 19.4 Å². The summed E-state index contributed by atoms with van der Waals surface area (Å²) in [7, 11) is 1.71. The van der Waals surface area contributed by atoms with E-state index in [4.69, 9.17) is 9.47 Å². The van der Waals surface area contributed by atoms with Crippen LogP contribution in [-0.2, 0) is 20.9 Å². The van der Waals surface area contributed by atoms with E-state index in [2.05, 4.69) is 0 Å². The minimum absolute atomic E-state index is 0.0838. The first-order chi connectivity index (χ1) is 13.5. The van der Waals surface area contributed by atoms with E-state index in [0.29, 0.717) is 24.5 Å². The van der Waals surface area contributed by atoms with Gasteiger partial charge in [-0.05, 0) is 24.1 Å². The van der Waals surface area contributed by atoms with Crippen molar-refractivity contribution in [3.8, 4) is 11.5 Å². The van der Waals surface area contributed by atoms with Gasteiger partial charge in [0.2, 0.25) is 25.0 Å². The summed E-state index contributed by atoms with van der Waals surface area (Å²) in [4.78, 5) is 40.9. The van der Waals surface area contributed by atoms with Crippen molar-refractivity contribution in [2.75, 3.05) is 26.9 Å². The van der Waals surface area contributed by atoms with Crippen molar-refractivity contribution < 1.29 is 23.9 Å². The molecule has 0 spiro atoms. The summed E-state index contributed by atoms with van der Waals surface area (Å²) in [5.74, 6) is 1.14. The lowest BCUT2D eigenvalue weighted by Gasteiger charge is -2.53. The topological polar surface area (TPSA) is 82.6 Å². The van der Waals surface area contributed by atoms with Crippen LogP contribution in [0.5, 0.6) is 11.5 Å². The smallest absolute Gasteiger partial charge is 0.245 e. The predicted molar refractivity (Wildman–Crippen MR) is 97.8 cm³/mol. The summed E-state index contributed by atoms with van der Waals surface area (Å²) in [6.07, 6.45) is 1.56. The molecule has 150 valence electrons. The van der Waals surface area contributed by atoms with Crippen LogP contribution in [0.1, 0.15) is 25.3 Å². The van der Waals surface area contributed by atoms with Crippen LogP contribution in [0.25, 0.3) is 0 Å². The van der Waals surface area contributed by atoms with Gasteiger partial charge in [-0.15, -0.1) is 0 Å². The van der Waals surface area contributed by atoms with E-state index in [0.717, 1.165) is 18.4 Å². The Kier molecular flexibility index (Phi) is 4.84. The summed E-state index contributed by atoms with van der Waals surface area (Å²) in [6, 6.07) is 5.04. The van der Waals surface area contributed by atoms with Crippen molar-refractivity contribution in [2.24, 2.45) is 0 Å². The van der Waals surface area contributed by atoms with Gasteiger partial charge in [-0.25, -0.2) is 5.01 Å². The Balaban J connectivity index is 1.62. The molecule has 0 aromatic heterocycles. The molecule has 0 radical (unpaired) electrons. The molecule has 2 saturated heterocycles. The molecular formula is C19H24N4O5. The lowest BCUT2D eigenvalue weighted by molar-refractivity contribution is -0.197. The highest BCUT2D eigenvalue weighted by Gasteiger charge is 2.48. The fourth-order valence-corrected chi connectivity index (χ4v) is 4.14. The second-order valence-electron chi connectivity index (χ2n) is 7.29. The van der Waals surface area contributed by atoms with Crippen LogP contribution < -0.4 is 9.47 Å². The third-order valence-corrected chi connectivity index (χ3v) is 5.47. The monoisotopic (exact) mass is 388 g/mol. The second-order valence-corrected chi connectivity index (χ2v) is 7.29. The maximum Gasteiger partial charge on any atom is 0.245 e. The lowest BCUT2D eigenvalue weighted by atomic mass is 10.0. The van der Waals surface area contributed by atoms with Crippen molar-refractivity contribution in [1.82, 2.24) is 19.8 Å². The van der Waals surface area contributed by atoms with Gasteiger partial charge in [0.15, 0.2) is 11.5 Å². The summed E-state index contributed by atoms with van der Waals surface area (Å²) in [5.41, 5.74) is 0.912. The number of rotatable bonds is 5. The van der Waals surface area contributed by atoms with Gasteiger partial charge in [0.05, 0.1) is 13.1 Å². The molecule has 3 heterocycles. The molecule has 3 aliphatic rings. The standard InChI is InChI=1S/C19H24N4O5/c1-3-4-14-19(26)21(8-13-5-6-15-16(7-13)28-12-27-15)9-17-22(11-24)20(2)10-18(25)23(14)17/h5-7,11,14,17H,3-4,8-10,12H2,1-2H3/t14-,17?/m0/s1. The van der Waals surface area contributed by atoms with Crippen molar-refractivity contribution in [1.29, 1.82) is 0 Å². The highest BCUT2D eigenvalue weighted by molar-refractivity contribution is 5.90. The molecule has 0 bridgehead atoms. The minimum atomic E-state index is -0.554. The Bertz CT molecular complexity index is 801. The molecule has 3 aliphatic heterocycles. The van der Waals surface area contributed by atoms with Gasteiger partial charge in [-0.1, -0.05) is 19.4 Å². The molecule has 9 heteroatoms. The second kappa shape index (κ2) is 7.31. The number of hydrazine groups is 1. The van der Waals surface area contributed by atoms with Crippen LogP contribution in [-0.4, -0.2) is 77.2 Å². The van der Waals surface area contributed by atoms with E-state index < -0.39 is 12.2 Å². The summed E-state index contributed by atoms with van der Waals surface area (Å²) in [6.45, 7) is 2.91. The first-order valence-electron chi connectivity index (χ1n) is 9.46. The van der Waals surface area contributed by atoms with E-state index in [1.54, 1.807) is 21.9 Å². The highest BCUT2D eigenvalue weighted by Crippen LogP contribution is 2.34. The number of likely N-dealkylation sites (N-methyl/N-ethyl adjacent to an activating group) is 1. The van der Waals surface area contributed by atoms with Gasteiger partial charge < -0.3 is 19.3 Å². The Morgan fingerprint density at radius 3 is 2.75 bits per heavy atom. The molecule has 2 fully saturated rings. The zero-order chi connectivity index (χ0) is 19.8. The molecule has 1 unspecified atom stereocenters. The number of carbonyl (C=O) groups is 3. The summed E-state index contributed by atoms with van der Waals surface area (Å²) in [5, 5.41) is 3.11. The van der Waals surface area contributed by atoms with E-state index in [1.807, 2.05) is 25.1 Å². The Morgan fingerprint density at radius 1 is 1.21 bits per heavy atom. The molecular weight excluding hydrogens is 364 g/mol. The minimum Gasteiger partial charge on any atom is -0.454 e. The fraction of sp³-hybridized carbons (Fsp3) is 0.526. The van der Waals surface area contributed by atoms with Crippen molar-refractivity contribution >= 4 is 18.2 Å². The van der Waals surface area contributed by atoms with E-state index in [-0.39, 0.29) is 31.7 Å². The lowest BCUT2D eigenvalue weighted by Crippen LogP contribution is -2.73. The number of ether oxygens (including phenoxy) is 2. The number of hydrogen-bond donors (Lipinski definition) is 0. The molecule has 1 aromatic carbocycles. The van der Waals surface area contributed by atoms with Crippen molar-refractivity contribution in [3.05, 3.63) is 23.8 Å². The van der Waals surface area contributed by atoms with E-state index in [9.17, 15) is 14.4 Å². The molecule has 0 aliphatic carbocycles. The van der Waals surface area contributed by atoms with Crippen molar-refractivity contribution in [2.45, 2.75) is 38.5 Å². The first-order valence-corrected chi connectivity index (χ1v) is 9.46. The number of benzene rings is 1. The first kappa shape index (κ1) is 18.5. The van der Waals surface area contributed by atoms with Gasteiger partial charge in [0, 0.05) is 13.6 Å². The van der Waals surface area contributed by atoms with Crippen LogP contribution in [0.4, 0.5) is 0 Å². The average molecular weight is 388 g/mol. The number of hydrogen-bond acceptors (Lipinski definition) is 6. The number of amides is 3. The number of piperazine rings is 1. The molecule has 3 amide bonds. The van der Waals surface area contributed by atoms with Gasteiger partial charge >= 0.3 is 0 Å². The van der Waals surface area contributed by atoms with Crippen LogP contribution in [0.3, 0.4) is 0 Å². The molecule has 0 N–H and O–H groups in total. The molecule has 9 nitrogen and oxygen atoms in total. The summed E-state index contributed by atoms with van der Waals surface area (Å²) < 4.78 is 10.8. The summed E-state index contributed by atoms with van der Waals surface area (Å²) >= 11 is 0. The maximum absolute atomic E-state index is 13.2. The average Bonchev–Trinajstić information content (AvgIpc) is 3.13. The fourth-order valence-electron chi connectivity index (χ4n) is 4.14. The Hall–Kier alpha value is -2.81. The van der Waals surface area contributed by atoms with Crippen LogP contribution in [0.15, 0.2) is 18.2 Å². The molecule has 4 rings (SSSR count). The van der Waals surface area contributed by atoms with Crippen LogP contribution in [0, 0.1) is 0 Å². The normalized spacial score (nSPS) is 24.6. The largest absolute Gasteiger partial charge is 0.454 e. The Labute approximate surface area is 163 Å². The van der Waals surface area contributed by atoms with Crippen LogP contribution in [0.2, 0.25) is 0 Å². The zero-order valence-electron chi connectivity index (χ0n) is 16.0. The third kappa shape index (κ3) is 3.05. The van der Waals surface area contributed by atoms with Crippen LogP contribution >= 0.6 is 0 Å². The SMILES string of the molecule is CCC[C@H]1C(=O)N(Cc2ccc3c(c2)OCO3)CC2N1C(=O)CN(C)N2C=O. The molecule has 2 atom stereocenters. The quantitative estimate of drug-likeness (QED) is 0.679. The maximum atomic E-state index is 13.2. The van der Waals surface area contributed by atoms with Crippen molar-refractivity contribution in [3.63, 3.8) is 0 Å². The third-order valence-electron chi connectivity index (χ3n) is 5.47. The number of fused-ring (bicyclic) bond motifs is 2. The van der Waals surface area contributed by atoms with E-state index >= 15 is 0 Å². The number of carbonyl (C=O) groups excluding carboxylic acids is 3. The van der Waals surface area contributed by atoms with Gasteiger partial charge in [0.25, 0.3) is 0 Å². The van der Waals surface area contributed by atoms with Gasteiger partial charge in [-0.2, -0.15) is 0 Å². The zero-order valence-corrected chi connectivity index (χ0v) is 16.0. The van der Waals surface area contributed by atoms with Gasteiger partial charge in [0.1, 0.15) is 12.2 Å². The number of nitrogens with zero attached hydrogens (tertiary/aromatic N) is 4.